The molecule has 1 saturated carbocycles. The van der Waals surface area contributed by atoms with Gasteiger partial charge in [-0.1, -0.05) is 19.3 Å². The third-order valence-corrected chi connectivity index (χ3v) is 4.13. The summed E-state index contributed by atoms with van der Waals surface area (Å²) in [5, 5.41) is 0. The summed E-state index contributed by atoms with van der Waals surface area (Å²) < 4.78 is 5.72. The van der Waals surface area contributed by atoms with Crippen LogP contribution in [0.1, 0.15) is 38.5 Å². The first-order valence-electron chi connectivity index (χ1n) is 7.91. The molecule has 0 saturated heterocycles. The summed E-state index contributed by atoms with van der Waals surface area (Å²) in [6.45, 7) is 3.15. The van der Waals surface area contributed by atoms with Crippen molar-refractivity contribution in [1.29, 1.82) is 0 Å². The normalized spacial score (nSPS) is 16.5. The third kappa shape index (κ3) is 5.41. The molecule has 20 heavy (non-hydrogen) atoms. The van der Waals surface area contributed by atoms with Gasteiger partial charge >= 0.3 is 0 Å². The fourth-order valence-corrected chi connectivity index (χ4v) is 2.99. The van der Waals surface area contributed by atoms with E-state index in [0.29, 0.717) is 0 Å². The molecule has 1 aromatic carbocycles. The molecule has 2 rings (SSSR count). The number of nitrogens with zero attached hydrogens (tertiary/aromatic N) is 1. The molecule has 2 N–H and O–H groups in total. The van der Waals surface area contributed by atoms with Crippen molar-refractivity contribution in [2.24, 2.45) is 5.92 Å². The van der Waals surface area contributed by atoms with Gasteiger partial charge in [-0.15, -0.1) is 0 Å². The Labute approximate surface area is 123 Å². The molecule has 1 aliphatic rings. The largest absolute Gasteiger partial charge is 0.494 e. The van der Waals surface area contributed by atoms with Gasteiger partial charge in [-0.25, -0.2) is 0 Å². The van der Waals surface area contributed by atoms with Gasteiger partial charge in [0.25, 0.3) is 0 Å². The molecule has 3 nitrogen and oxygen atoms in total. The molecule has 0 aliphatic heterocycles. The van der Waals surface area contributed by atoms with Crippen LogP contribution < -0.4 is 10.5 Å². The van der Waals surface area contributed by atoms with Gasteiger partial charge in [-0.3, -0.25) is 0 Å². The Hall–Kier alpha value is -1.22. The Kier molecular flexibility index (Phi) is 6.19. The topological polar surface area (TPSA) is 38.5 Å². The third-order valence-electron chi connectivity index (χ3n) is 4.13. The zero-order valence-electron chi connectivity index (χ0n) is 12.7. The van der Waals surface area contributed by atoms with Crippen LogP contribution in [0.2, 0.25) is 0 Å². The lowest BCUT2D eigenvalue weighted by Crippen LogP contribution is -2.28. The van der Waals surface area contributed by atoms with Crippen LogP contribution in [-0.2, 0) is 0 Å². The molecule has 112 valence electrons. The number of anilines is 1. The zero-order chi connectivity index (χ0) is 14.2. The van der Waals surface area contributed by atoms with Crippen LogP contribution in [-0.4, -0.2) is 31.6 Å². The lowest BCUT2D eigenvalue weighted by Gasteiger charge is -2.26. The molecule has 1 aromatic rings. The van der Waals surface area contributed by atoms with Gasteiger partial charge in [0.15, 0.2) is 0 Å². The minimum absolute atomic E-state index is 0.777. The zero-order valence-corrected chi connectivity index (χ0v) is 12.7. The summed E-state index contributed by atoms with van der Waals surface area (Å²) in [5.74, 6) is 1.83. The van der Waals surface area contributed by atoms with Crippen molar-refractivity contribution in [3.05, 3.63) is 24.3 Å². The number of hydrogen-bond acceptors (Lipinski definition) is 3. The standard InChI is InChI=1S/C17H28N2O/c1-19(14-15-6-3-2-4-7-15)12-5-13-20-17-10-8-16(18)9-11-17/h8-11,15H,2-7,12-14,18H2,1H3. The number of nitrogen functional groups attached to an aromatic ring is 1. The molecule has 0 heterocycles. The van der Waals surface area contributed by atoms with Crippen molar-refractivity contribution in [1.82, 2.24) is 4.90 Å². The molecule has 0 amide bonds. The van der Waals surface area contributed by atoms with Crippen molar-refractivity contribution < 1.29 is 4.74 Å². The highest BCUT2D eigenvalue weighted by Gasteiger charge is 2.14. The monoisotopic (exact) mass is 276 g/mol. The molecule has 3 heteroatoms. The molecule has 0 spiro atoms. The maximum Gasteiger partial charge on any atom is 0.119 e. The van der Waals surface area contributed by atoms with Crippen LogP contribution in [0.4, 0.5) is 5.69 Å². The summed E-state index contributed by atoms with van der Waals surface area (Å²) in [4.78, 5) is 2.46. The summed E-state index contributed by atoms with van der Waals surface area (Å²) in [5.41, 5.74) is 6.43. The molecule has 0 atom stereocenters. The van der Waals surface area contributed by atoms with Crippen LogP contribution in [0.5, 0.6) is 5.75 Å². The summed E-state index contributed by atoms with van der Waals surface area (Å²) >= 11 is 0. The minimum Gasteiger partial charge on any atom is -0.494 e. The Morgan fingerprint density at radius 1 is 1.15 bits per heavy atom. The quantitative estimate of drug-likeness (QED) is 0.611. The van der Waals surface area contributed by atoms with Crippen molar-refractivity contribution in [2.75, 3.05) is 32.5 Å². The highest BCUT2D eigenvalue weighted by Crippen LogP contribution is 2.24. The predicted molar refractivity (Wildman–Crippen MR) is 85.0 cm³/mol. The van der Waals surface area contributed by atoms with Crippen molar-refractivity contribution in [3.63, 3.8) is 0 Å². The van der Waals surface area contributed by atoms with Crippen LogP contribution in [0.3, 0.4) is 0 Å². The van der Waals surface area contributed by atoms with Crippen LogP contribution in [0, 0.1) is 5.92 Å². The maximum absolute atomic E-state index is 5.72. The van der Waals surface area contributed by atoms with E-state index >= 15 is 0 Å². The Balaban J connectivity index is 1.56. The maximum atomic E-state index is 5.72. The van der Waals surface area contributed by atoms with Gasteiger partial charge in [0.2, 0.25) is 0 Å². The molecule has 0 unspecified atom stereocenters. The summed E-state index contributed by atoms with van der Waals surface area (Å²) in [6.07, 6.45) is 8.22. The summed E-state index contributed by atoms with van der Waals surface area (Å²) in [7, 11) is 2.23. The number of ether oxygens (including phenoxy) is 1. The lowest BCUT2D eigenvalue weighted by molar-refractivity contribution is 0.214. The number of benzene rings is 1. The van der Waals surface area contributed by atoms with E-state index in [1.54, 1.807) is 0 Å². The smallest absolute Gasteiger partial charge is 0.119 e. The van der Waals surface area contributed by atoms with E-state index in [-0.39, 0.29) is 0 Å². The summed E-state index contributed by atoms with van der Waals surface area (Å²) in [6, 6.07) is 7.62. The molecule has 0 bridgehead atoms. The number of rotatable bonds is 7. The molecular weight excluding hydrogens is 248 g/mol. The second-order valence-corrected chi connectivity index (χ2v) is 6.04. The molecule has 1 fully saturated rings. The second kappa shape index (κ2) is 8.15. The highest BCUT2D eigenvalue weighted by atomic mass is 16.5. The average Bonchev–Trinajstić information content (AvgIpc) is 2.46. The van der Waals surface area contributed by atoms with E-state index in [1.807, 2.05) is 24.3 Å². The SMILES string of the molecule is CN(CCCOc1ccc(N)cc1)CC1CCCCC1. The fourth-order valence-electron chi connectivity index (χ4n) is 2.99. The van der Waals surface area contributed by atoms with Gasteiger partial charge in [0, 0.05) is 18.8 Å². The fraction of sp³-hybridized carbons (Fsp3) is 0.647. The van der Waals surface area contributed by atoms with Gasteiger partial charge < -0.3 is 15.4 Å². The van der Waals surface area contributed by atoms with Crippen LogP contribution in [0.15, 0.2) is 24.3 Å². The van der Waals surface area contributed by atoms with E-state index < -0.39 is 0 Å². The predicted octanol–water partition coefficient (Wildman–Crippen LogP) is 3.55. The Morgan fingerprint density at radius 3 is 2.55 bits per heavy atom. The molecular formula is C17H28N2O. The van der Waals surface area contributed by atoms with Crippen LogP contribution >= 0.6 is 0 Å². The first-order chi connectivity index (χ1) is 9.74. The van der Waals surface area contributed by atoms with E-state index in [0.717, 1.165) is 36.9 Å². The molecule has 1 aliphatic carbocycles. The van der Waals surface area contributed by atoms with Gasteiger partial charge in [0.1, 0.15) is 5.75 Å². The minimum atomic E-state index is 0.777. The van der Waals surface area contributed by atoms with Gasteiger partial charge in [0.05, 0.1) is 6.61 Å². The first-order valence-corrected chi connectivity index (χ1v) is 7.91. The molecule has 0 radical (unpaired) electrons. The lowest BCUT2D eigenvalue weighted by atomic mass is 9.89. The van der Waals surface area contributed by atoms with E-state index in [9.17, 15) is 0 Å². The van der Waals surface area contributed by atoms with Gasteiger partial charge in [-0.05, 0) is 56.5 Å². The van der Waals surface area contributed by atoms with E-state index in [2.05, 4.69) is 11.9 Å². The van der Waals surface area contributed by atoms with E-state index in [4.69, 9.17) is 10.5 Å². The van der Waals surface area contributed by atoms with Crippen LogP contribution in [0.25, 0.3) is 0 Å². The number of nitrogens with two attached hydrogens (primary N) is 1. The van der Waals surface area contributed by atoms with Gasteiger partial charge in [-0.2, -0.15) is 0 Å². The van der Waals surface area contributed by atoms with Crippen molar-refractivity contribution >= 4 is 5.69 Å². The Bertz CT molecular complexity index is 371. The average molecular weight is 276 g/mol. The first kappa shape index (κ1) is 15.2. The molecule has 0 aromatic heterocycles. The van der Waals surface area contributed by atoms with Crippen molar-refractivity contribution in [3.8, 4) is 5.75 Å². The Morgan fingerprint density at radius 2 is 1.85 bits per heavy atom. The van der Waals surface area contributed by atoms with E-state index in [1.165, 1.54) is 38.6 Å². The van der Waals surface area contributed by atoms with Crippen molar-refractivity contribution in [2.45, 2.75) is 38.5 Å². The second-order valence-electron chi connectivity index (χ2n) is 6.04. The number of hydrogen-bond donors (Lipinski definition) is 1. The highest BCUT2D eigenvalue weighted by molar-refractivity contribution is 5.41.